The van der Waals surface area contributed by atoms with Crippen molar-refractivity contribution in [2.24, 2.45) is 0 Å². The van der Waals surface area contributed by atoms with Gasteiger partial charge in [0, 0.05) is 51.0 Å². The molecule has 1 unspecified atom stereocenters. The van der Waals surface area contributed by atoms with Gasteiger partial charge in [0.1, 0.15) is 0 Å². The third kappa shape index (κ3) is 2.20. The molecule has 0 amide bonds. The fraction of sp³-hybridized carbons (Fsp3) is 0.500. The van der Waals surface area contributed by atoms with E-state index >= 15 is 0 Å². The van der Waals surface area contributed by atoms with Gasteiger partial charge in [-0.05, 0) is 18.2 Å². The van der Waals surface area contributed by atoms with Crippen LogP contribution in [0.1, 0.15) is 5.56 Å². The molecule has 1 aromatic carbocycles. The van der Waals surface area contributed by atoms with Crippen molar-refractivity contribution in [1.29, 1.82) is 5.26 Å². The van der Waals surface area contributed by atoms with Crippen molar-refractivity contribution in [2.75, 3.05) is 44.2 Å². The molecule has 0 aromatic heterocycles. The number of nitrogens with zero attached hydrogens (tertiary/aromatic N) is 3. The Balaban J connectivity index is 1.75. The van der Waals surface area contributed by atoms with Crippen molar-refractivity contribution in [3.05, 3.63) is 29.8 Å². The number of hydrogen-bond donors (Lipinski definition) is 1. The normalized spacial score (nSPS) is 24.4. The molecule has 0 aliphatic carbocycles. The summed E-state index contributed by atoms with van der Waals surface area (Å²) in [5.41, 5.74) is 1.93. The van der Waals surface area contributed by atoms with Gasteiger partial charge in [-0.1, -0.05) is 6.07 Å². The first kappa shape index (κ1) is 11.5. The first-order valence-electron chi connectivity index (χ1n) is 6.57. The maximum atomic E-state index is 8.96. The fourth-order valence-corrected chi connectivity index (χ4v) is 2.88. The first-order valence-corrected chi connectivity index (χ1v) is 6.57. The Labute approximate surface area is 108 Å². The summed E-state index contributed by atoms with van der Waals surface area (Å²) < 4.78 is 0. The van der Waals surface area contributed by atoms with Crippen LogP contribution >= 0.6 is 0 Å². The van der Waals surface area contributed by atoms with E-state index in [1.165, 1.54) is 5.69 Å². The lowest BCUT2D eigenvalue weighted by atomic mass is 10.1. The summed E-state index contributed by atoms with van der Waals surface area (Å²) >= 11 is 0. The van der Waals surface area contributed by atoms with E-state index in [0.29, 0.717) is 6.04 Å². The summed E-state index contributed by atoms with van der Waals surface area (Å²) in [6, 6.07) is 10.8. The quantitative estimate of drug-likeness (QED) is 0.785. The van der Waals surface area contributed by atoms with Crippen LogP contribution in [0.4, 0.5) is 5.69 Å². The molecule has 0 radical (unpaired) electrons. The number of benzene rings is 1. The lowest BCUT2D eigenvalue weighted by Gasteiger charge is -2.45. The zero-order valence-electron chi connectivity index (χ0n) is 10.5. The third-order valence-electron chi connectivity index (χ3n) is 3.90. The lowest BCUT2D eigenvalue weighted by Crippen LogP contribution is -2.61. The van der Waals surface area contributed by atoms with Crippen LogP contribution < -0.4 is 10.2 Å². The van der Waals surface area contributed by atoms with E-state index in [1.807, 2.05) is 18.2 Å². The molecule has 4 heteroatoms. The molecule has 0 spiro atoms. The predicted octanol–water partition coefficient (Wildman–Crippen LogP) is 0.652. The molecule has 2 saturated heterocycles. The standard InChI is InChI=1S/C14H18N4/c15-9-12-2-1-3-13(8-12)18-7-6-17-5-4-16-10-14(17)11-18/h1-3,8,14,16H,4-7,10-11H2. The van der Waals surface area contributed by atoms with Crippen LogP contribution in [0, 0.1) is 11.3 Å². The molecule has 0 bridgehead atoms. The zero-order chi connectivity index (χ0) is 12.4. The highest BCUT2D eigenvalue weighted by Gasteiger charge is 2.28. The van der Waals surface area contributed by atoms with Gasteiger partial charge in [-0.15, -0.1) is 0 Å². The van der Waals surface area contributed by atoms with Crippen molar-refractivity contribution in [3.8, 4) is 6.07 Å². The van der Waals surface area contributed by atoms with E-state index in [9.17, 15) is 0 Å². The second-order valence-electron chi connectivity index (χ2n) is 5.00. The molecule has 18 heavy (non-hydrogen) atoms. The van der Waals surface area contributed by atoms with Crippen LogP contribution in [0.25, 0.3) is 0 Å². The van der Waals surface area contributed by atoms with Gasteiger partial charge in [0.15, 0.2) is 0 Å². The van der Waals surface area contributed by atoms with E-state index in [-0.39, 0.29) is 0 Å². The molecule has 2 aliphatic heterocycles. The Morgan fingerprint density at radius 1 is 1.28 bits per heavy atom. The number of piperazine rings is 2. The molecule has 0 saturated carbocycles. The SMILES string of the molecule is N#Cc1cccc(N2CCN3CCNCC3C2)c1. The van der Waals surface area contributed by atoms with Gasteiger partial charge in [-0.25, -0.2) is 0 Å². The van der Waals surface area contributed by atoms with E-state index in [1.54, 1.807) is 0 Å². The van der Waals surface area contributed by atoms with Crippen LogP contribution in [-0.4, -0.2) is 50.2 Å². The van der Waals surface area contributed by atoms with Gasteiger partial charge < -0.3 is 10.2 Å². The molecular formula is C14H18N4. The average molecular weight is 242 g/mol. The average Bonchev–Trinajstić information content (AvgIpc) is 2.47. The number of fused-ring (bicyclic) bond motifs is 1. The monoisotopic (exact) mass is 242 g/mol. The van der Waals surface area contributed by atoms with E-state index in [2.05, 4.69) is 27.3 Å². The Bertz CT molecular complexity index is 465. The number of hydrogen-bond acceptors (Lipinski definition) is 4. The number of anilines is 1. The number of rotatable bonds is 1. The molecule has 1 N–H and O–H groups in total. The Hall–Kier alpha value is -1.57. The van der Waals surface area contributed by atoms with Gasteiger partial charge in [0.25, 0.3) is 0 Å². The molecule has 2 fully saturated rings. The Kier molecular flexibility index (Phi) is 3.18. The predicted molar refractivity (Wildman–Crippen MR) is 71.6 cm³/mol. The van der Waals surface area contributed by atoms with Crippen LogP contribution in [0.3, 0.4) is 0 Å². The van der Waals surface area contributed by atoms with Gasteiger partial charge >= 0.3 is 0 Å². The van der Waals surface area contributed by atoms with Gasteiger partial charge in [-0.3, -0.25) is 4.90 Å². The number of nitrogens with one attached hydrogen (secondary N) is 1. The topological polar surface area (TPSA) is 42.3 Å². The Morgan fingerprint density at radius 2 is 2.22 bits per heavy atom. The van der Waals surface area contributed by atoms with Crippen LogP contribution in [0.2, 0.25) is 0 Å². The summed E-state index contributed by atoms with van der Waals surface area (Å²) in [7, 11) is 0. The largest absolute Gasteiger partial charge is 0.369 e. The summed E-state index contributed by atoms with van der Waals surface area (Å²) in [5.74, 6) is 0. The third-order valence-corrected chi connectivity index (χ3v) is 3.90. The van der Waals surface area contributed by atoms with Crippen molar-refractivity contribution in [1.82, 2.24) is 10.2 Å². The van der Waals surface area contributed by atoms with Gasteiger partial charge in [-0.2, -0.15) is 5.26 Å². The summed E-state index contributed by atoms with van der Waals surface area (Å²) in [6.07, 6.45) is 0. The van der Waals surface area contributed by atoms with Crippen LogP contribution in [-0.2, 0) is 0 Å². The Morgan fingerprint density at radius 3 is 3.11 bits per heavy atom. The van der Waals surface area contributed by atoms with Gasteiger partial charge in [0.2, 0.25) is 0 Å². The molecular weight excluding hydrogens is 224 g/mol. The molecule has 1 atom stereocenters. The smallest absolute Gasteiger partial charge is 0.0992 e. The maximum absolute atomic E-state index is 8.96. The first-order chi connectivity index (χ1) is 8.86. The minimum Gasteiger partial charge on any atom is -0.369 e. The molecule has 2 aliphatic rings. The lowest BCUT2D eigenvalue weighted by molar-refractivity contribution is 0.146. The maximum Gasteiger partial charge on any atom is 0.0992 e. The summed E-state index contributed by atoms with van der Waals surface area (Å²) in [6.45, 7) is 6.60. The van der Waals surface area contributed by atoms with Crippen molar-refractivity contribution < 1.29 is 0 Å². The second kappa shape index (κ2) is 4.97. The summed E-state index contributed by atoms with van der Waals surface area (Å²) in [5, 5.41) is 12.4. The van der Waals surface area contributed by atoms with E-state index < -0.39 is 0 Å². The van der Waals surface area contributed by atoms with Crippen molar-refractivity contribution in [3.63, 3.8) is 0 Å². The molecule has 94 valence electrons. The highest BCUT2D eigenvalue weighted by atomic mass is 15.3. The number of nitriles is 1. The minimum absolute atomic E-state index is 0.609. The van der Waals surface area contributed by atoms with Crippen LogP contribution in [0.15, 0.2) is 24.3 Å². The van der Waals surface area contributed by atoms with Crippen LogP contribution in [0.5, 0.6) is 0 Å². The summed E-state index contributed by atoms with van der Waals surface area (Å²) in [4.78, 5) is 4.97. The molecule has 1 aromatic rings. The fourth-order valence-electron chi connectivity index (χ4n) is 2.88. The highest BCUT2D eigenvalue weighted by Crippen LogP contribution is 2.20. The molecule has 3 rings (SSSR count). The minimum atomic E-state index is 0.609. The van der Waals surface area contributed by atoms with E-state index in [0.717, 1.165) is 44.8 Å². The van der Waals surface area contributed by atoms with Gasteiger partial charge in [0.05, 0.1) is 11.6 Å². The highest BCUT2D eigenvalue weighted by molar-refractivity contribution is 5.52. The van der Waals surface area contributed by atoms with Crippen molar-refractivity contribution >= 4 is 5.69 Å². The zero-order valence-corrected chi connectivity index (χ0v) is 10.5. The van der Waals surface area contributed by atoms with Crippen molar-refractivity contribution in [2.45, 2.75) is 6.04 Å². The molecule has 2 heterocycles. The second-order valence-corrected chi connectivity index (χ2v) is 5.00. The molecule has 4 nitrogen and oxygen atoms in total. The van der Waals surface area contributed by atoms with E-state index in [4.69, 9.17) is 5.26 Å².